The Morgan fingerprint density at radius 3 is 2.66 bits per heavy atom. The second-order valence-electron chi connectivity index (χ2n) is 9.29. The van der Waals surface area contributed by atoms with Crippen molar-refractivity contribution in [1.82, 2.24) is 24.8 Å². The summed E-state index contributed by atoms with van der Waals surface area (Å²) in [6.45, 7) is 7.02. The number of anilines is 3. The van der Waals surface area contributed by atoms with Gasteiger partial charge in [0.1, 0.15) is 11.5 Å². The zero-order valence-corrected chi connectivity index (χ0v) is 18.6. The fourth-order valence-corrected chi connectivity index (χ4v) is 5.49. The van der Waals surface area contributed by atoms with Gasteiger partial charge in [-0.2, -0.15) is 4.98 Å². The molecule has 2 N–H and O–H groups in total. The van der Waals surface area contributed by atoms with Crippen molar-refractivity contribution in [2.24, 2.45) is 4.99 Å². The Morgan fingerprint density at radius 1 is 1.03 bits per heavy atom. The maximum Gasteiger partial charge on any atom is 0.230 e. The smallest absolute Gasteiger partial charge is 0.230 e. The van der Waals surface area contributed by atoms with E-state index in [1.165, 1.54) is 37.8 Å². The van der Waals surface area contributed by atoms with Crippen molar-refractivity contribution < 1.29 is 0 Å². The first-order valence-corrected chi connectivity index (χ1v) is 11.8. The average molecular weight is 431 g/mol. The molecular weight excluding hydrogens is 400 g/mol. The molecule has 1 spiro atoms. The van der Waals surface area contributed by atoms with E-state index in [9.17, 15) is 0 Å². The van der Waals surface area contributed by atoms with Gasteiger partial charge < -0.3 is 20.1 Å². The van der Waals surface area contributed by atoms with Gasteiger partial charge in [-0.15, -0.1) is 0 Å². The Bertz CT molecular complexity index is 1150. The molecule has 3 aliphatic rings. The molecule has 2 fully saturated rings. The van der Waals surface area contributed by atoms with Crippen LogP contribution in [0.25, 0.3) is 11.0 Å². The fourth-order valence-electron chi connectivity index (χ4n) is 5.49. The van der Waals surface area contributed by atoms with Crippen LogP contribution in [0.15, 0.2) is 35.6 Å². The van der Waals surface area contributed by atoms with Gasteiger partial charge >= 0.3 is 0 Å². The fraction of sp³-hybridized carbons (Fsp3) is 0.500. The van der Waals surface area contributed by atoms with Crippen LogP contribution in [0.3, 0.4) is 0 Å². The lowest BCUT2D eigenvalue weighted by Gasteiger charge is -2.41. The lowest BCUT2D eigenvalue weighted by molar-refractivity contribution is 0.203. The zero-order valence-electron chi connectivity index (χ0n) is 18.6. The summed E-state index contributed by atoms with van der Waals surface area (Å²) < 4.78 is 2.47. The first-order chi connectivity index (χ1) is 15.7. The summed E-state index contributed by atoms with van der Waals surface area (Å²) in [5.74, 6) is 1.35. The van der Waals surface area contributed by atoms with Gasteiger partial charge in [0.15, 0.2) is 0 Å². The molecule has 0 atom stereocenters. The summed E-state index contributed by atoms with van der Waals surface area (Å²) in [5, 5.41) is 7.78. The Labute approximate surface area is 188 Å². The third-order valence-electron chi connectivity index (χ3n) is 7.25. The monoisotopic (exact) mass is 430 g/mol. The molecule has 166 valence electrons. The quantitative estimate of drug-likeness (QED) is 0.662. The number of rotatable bonds is 3. The number of aromatic nitrogens is 4. The molecule has 8 nitrogen and oxygen atoms in total. The first kappa shape index (κ1) is 19.7. The maximum atomic E-state index is 4.97. The van der Waals surface area contributed by atoms with Crippen molar-refractivity contribution in [2.75, 3.05) is 42.9 Å². The van der Waals surface area contributed by atoms with E-state index < -0.39 is 0 Å². The van der Waals surface area contributed by atoms with Gasteiger partial charge in [0.2, 0.25) is 5.95 Å². The highest BCUT2D eigenvalue weighted by atomic mass is 15.2. The highest BCUT2D eigenvalue weighted by Crippen LogP contribution is 2.41. The number of fused-ring (bicyclic) bond motifs is 4. The van der Waals surface area contributed by atoms with Gasteiger partial charge in [0.25, 0.3) is 0 Å². The Hall–Kier alpha value is -3.00. The molecule has 0 unspecified atom stereocenters. The Kier molecular flexibility index (Phi) is 4.82. The molecule has 1 saturated carbocycles. The largest absolute Gasteiger partial charge is 0.368 e. The van der Waals surface area contributed by atoms with Gasteiger partial charge in [-0.25, -0.2) is 9.97 Å². The molecule has 0 aromatic carbocycles. The highest BCUT2D eigenvalue weighted by Gasteiger charge is 2.39. The standard InChI is InChI=1S/C24H30N8/c1-17-20-13-18-14-27-23(29-21-6-5-19(15-26-21)31-11-9-25-10-12-31)30-22(18)32(20)24(16-28-17)7-3-2-4-8-24/h5-6,13-15,25H,2-4,7-12,16H2,1H3,(H,26,27,29,30). The van der Waals surface area contributed by atoms with Gasteiger partial charge in [-0.1, -0.05) is 19.3 Å². The van der Waals surface area contributed by atoms with E-state index in [0.29, 0.717) is 5.95 Å². The van der Waals surface area contributed by atoms with E-state index >= 15 is 0 Å². The van der Waals surface area contributed by atoms with Crippen LogP contribution in [0.2, 0.25) is 0 Å². The number of nitrogens with one attached hydrogen (secondary N) is 2. The van der Waals surface area contributed by atoms with Crippen LogP contribution in [0.1, 0.15) is 44.7 Å². The summed E-state index contributed by atoms with van der Waals surface area (Å²) in [6, 6.07) is 6.33. The zero-order chi connectivity index (χ0) is 21.5. The second kappa shape index (κ2) is 7.85. The van der Waals surface area contributed by atoms with E-state index in [1.54, 1.807) is 0 Å². The van der Waals surface area contributed by atoms with Crippen molar-refractivity contribution >= 4 is 34.2 Å². The van der Waals surface area contributed by atoms with Crippen LogP contribution in [-0.4, -0.2) is 58.0 Å². The van der Waals surface area contributed by atoms with Crippen molar-refractivity contribution in [3.63, 3.8) is 0 Å². The molecule has 8 heteroatoms. The average Bonchev–Trinajstić information content (AvgIpc) is 3.24. The molecule has 0 radical (unpaired) electrons. The summed E-state index contributed by atoms with van der Waals surface area (Å²) in [4.78, 5) is 21.4. The van der Waals surface area contributed by atoms with Crippen LogP contribution >= 0.6 is 0 Å². The van der Waals surface area contributed by atoms with Gasteiger partial charge in [0.05, 0.1) is 35.4 Å². The Balaban J connectivity index is 1.31. The highest BCUT2D eigenvalue weighted by molar-refractivity contribution is 6.02. The molecule has 0 bridgehead atoms. The molecule has 1 saturated heterocycles. The van der Waals surface area contributed by atoms with Crippen LogP contribution in [-0.2, 0) is 5.54 Å². The van der Waals surface area contributed by atoms with E-state index in [2.05, 4.69) is 49.1 Å². The van der Waals surface area contributed by atoms with Crippen molar-refractivity contribution in [1.29, 1.82) is 0 Å². The predicted molar refractivity (Wildman–Crippen MR) is 128 cm³/mol. The number of nitrogens with zero attached hydrogens (tertiary/aromatic N) is 6. The summed E-state index contributed by atoms with van der Waals surface area (Å²) >= 11 is 0. The number of aliphatic imine (C=N–C) groups is 1. The molecule has 32 heavy (non-hydrogen) atoms. The minimum absolute atomic E-state index is 0.0592. The van der Waals surface area contributed by atoms with Crippen LogP contribution in [0, 0.1) is 0 Å². The van der Waals surface area contributed by atoms with Gasteiger partial charge in [-0.05, 0) is 38.0 Å². The van der Waals surface area contributed by atoms with Crippen molar-refractivity contribution in [3.8, 4) is 0 Å². The predicted octanol–water partition coefficient (Wildman–Crippen LogP) is 3.46. The Morgan fingerprint density at radius 2 is 1.88 bits per heavy atom. The topological polar surface area (TPSA) is 83.3 Å². The van der Waals surface area contributed by atoms with Crippen molar-refractivity contribution in [3.05, 3.63) is 36.3 Å². The molecule has 5 heterocycles. The maximum absolute atomic E-state index is 4.97. The normalized spacial score (nSPS) is 20.3. The van der Waals surface area contributed by atoms with Crippen LogP contribution < -0.4 is 15.5 Å². The van der Waals surface area contributed by atoms with E-state index in [1.807, 2.05) is 18.5 Å². The third kappa shape index (κ3) is 3.33. The molecule has 3 aromatic rings. The van der Waals surface area contributed by atoms with Crippen LogP contribution in [0.4, 0.5) is 17.5 Å². The van der Waals surface area contributed by atoms with Crippen LogP contribution in [0.5, 0.6) is 0 Å². The summed E-state index contributed by atoms with van der Waals surface area (Å²) in [5.41, 5.74) is 4.51. The SMILES string of the molecule is CC1=NCC2(CCCCC2)n2c1cc1cnc(Nc3ccc(N4CCNCC4)cn3)nc12. The summed E-state index contributed by atoms with van der Waals surface area (Å²) in [6.07, 6.45) is 10.0. The number of piperazine rings is 1. The van der Waals surface area contributed by atoms with Crippen molar-refractivity contribution in [2.45, 2.75) is 44.6 Å². The molecule has 1 aliphatic carbocycles. The number of hydrogen-bond donors (Lipinski definition) is 2. The lowest BCUT2D eigenvalue weighted by Crippen LogP contribution is -2.43. The lowest BCUT2D eigenvalue weighted by atomic mass is 9.80. The molecular formula is C24H30N8. The first-order valence-electron chi connectivity index (χ1n) is 11.8. The van der Waals surface area contributed by atoms with Gasteiger partial charge in [0, 0.05) is 37.8 Å². The molecule has 0 amide bonds. The summed E-state index contributed by atoms with van der Waals surface area (Å²) in [7, 11) is 0. The van der Waals surface area contributed by atoms with E-state index in [-0.39, 0.29) is 5.54 Å². The number of pyridine rings is 1. The second-order valence-corrected chi connectivity index (χ2v) is 9.29. The molecule has 3 aromatic heterocycles. The van der Waals surface area contributed by atoms with E-state index in [4.69, 9.17) is 9.98 Å². The molecule has 6 rings (SSSR count). The van der Waals surface area contributed by atoms with Gasteiger partial charge in [-0.3, -0.25) is 4.99 Å². The van der Waals surface area contributed by atoms with E-state index in [0.717, 1.165) is 61.0 Å². The molecule has 2 aliphatic heterocycles. The minimum Gasteiger partial charge on any atom is -0.368 e. The number of hydrogen-bond acceptors (Lipinski definition) is 7. The minimum atomic E-state index is 0.0592. The third-order valence-corrected chi connectivity index (χ3v) is 7.25.